The van der Waals surface area contributed by atoms with Crippen molar-refractivity contribution < 1.29 is 17.9 Å². The van der Waals surface area contributed by atoms with Crippen molar-refractivity contribution in [2.75, 3.05) is 19.5 Å². The molecule has 102 valence electrons. The van der Waals surface area contributed by atoms with E-state index < -0.39 is 11.7 Å². The molecule has 2 heterocycles. The lowest BCUT2D eigenvalue weighted by Gasteiger charge is -2.12. The van der Waals surface area contributed by atoms with Gasteiger partial charge >= 0.3 is 6.18 Å². The Morgan fingerprint density at radius 3 is 2.58 bits per heavy atom. The second-order valence-corrected chi connectivity index (χ2v) is 4.41. The molecule has 0 radical (unpaired) electrons. The van der Waals surface area contributed by atoms with E-state index in [1.54, 1.807) is 6.07 Å². The summed E-state index contributed by atoms with van der Waals surface area (Å²) < 4.78 is 47.5. The molecule has 0 saturated carbocycles. The van der Waals surface area contributed by atoms with Gasteiger partial charge in [0.2, 0.25) is 5.88 Å². The highest BCUT2D eigenvalue weighted by atomic mass is 32.1. The monoisotopic (exact) mass is 289 g/mol. The molecule has 0 aliphatic heterocycles. The largest absolute Gasteiger partial charge is 0.480 e. The van der Waals surface area contributed by atoms with Crippen LogP contribution < -0.4 is 10.1 Å². The van der Waals surface area contributed by atoms with Gasteiger partial charge < -0.3 is 10.1 Å². The maximum Gasteiger partial charge on any atom is 0.419 e. The number of nitrogens with zero attached hydrogens (tertiary/aromatic N) is 2. The Hall–Kier alpha value is -1.83. The molecule has 2 rings (SSSR count). The van der Waals surface area contributed by atoms with Crippen LogP contribution in [0.2, 0.25) is 0 Å². The average Bonchev–Trinajstić information content (AvgIpc) is 2.85. The third-order valence-electron chi connectivity index (χ3n) is 2.41. The zero-order valence-corrected chi connectivity index (χ0v) is 10.9. The van der Waals surface area contributed by atoms with Crippen molar-refractivity contribution in [1.82, 2.24) is 9.36 Å². The molecule has 0 aliphatic carbocycles. The van der Waals surface area contributed by atoms with Gasteiger partial charge in [-0.05, 0) is 17.6 Å². The minimum atomic E-state index is -4.46. The topological polar surface area (TPSA) is 47.0 Å². The molecule has 0 atom stereocenters. The Morgan fingerprint density at radius 2 is 2.05 bits per heavy atom. The van der Waals surface area contributed by atoms with Crippen molar-refractivity contribution in [3.05, 3.63) is 23.9 Å². The fourth-order valence-electron chi connectivity index (χ4n) is 1.51. The highest BCUT2D eigenvalue weighted by molar-refractivity contribution is 7.09. The second kappa shape index (κ2) is 5.04. The van der Waals surface area contributed by atoms with Crippen LogP contribution in [0.3, 0.4) is 0 Å². The van der Waals surface area contributed by atoms with Crippen LogP contribution >= 0.6 is 11.5 Å². The number of anilines is 1. The first-order valence-electron chi connectivity index (χ1n) is 5.21. The summed E-state index contributed by atoms with van der Waals surface area (Å²) in [6, 6.07) is 2.62. The Morgan fingerprint density at radius 1 is 1.32 bits per heavy atom. The van der Waals surface area contributed by atoms with E-state index in [0.29, 0.717) is 16.3 Å². The van der Waals surface area contributed by atoms with Crippen molar-refractivity contribution in [2.24, 2.45) is 0 Å². The quantitative estimate of drug-likeness (QED) is 0.942. The van der Waals surface area contributed by atoms with E-state index in [1.807, 2.05) is 0 Å². The summed E-state index contributed by atoms with van der Waals surface area (Å²) in [6.45, 7) is 0. The van der Waals surface area contributed by atoms with Gasteiger partial charge in [0, 0.05) is 24.9 Å². The average molecular weight is 289 g/mol. The maximum atomic E-state index is 12.9. The lowest BCUT2D eigenvalue weighted by Crippen LogP contribution is -2.10. The molecule has 0 saturated heterocycles. The molecular weight excluding hydrogens is 279 g/mol. The molecule has 0 bridgehead atoms. The molecular formula is C11H10F3N3OS. The first kappa shape index (κ1) is 13.6. The Balaban J connectivity index is 2.48. The Bertz CT molecular complexity index is 583. The van der Waals surface area contributed by atoms with Gasteiger partial charge in [-0.15, -0.1) is 0 Å². The number of aromatic nitrogens is 2. The standard InChI is InChI=1S/C11H10F3N3OS/c1-15-10-7(11(12,13)14)3-6(5-16-10)8-4-9(18-2)17-19-8/h3-5H,1-2H3,(H,15,16). The summed E-state index contributed by atoms with van der Waals surface area (Å²) >= 11 is 1.06. The summed E-state index contributed by atoms with van der Waals surface area (Å²) in [7, 11) is 2.84. The van der Waals surface area contributed by atoms with Crippen LogP contribution in [0.1, 0.15) is 5.56 Å². The number of hydrogen-bond acceptors (Lipinski definition) is 5. The van der Waals surface area contributed by atoms with E-state index in [1.165, 1.54) is 20.4 Å². The molecule has 0 spiro atoms. The molecule has 2 aromatic heterocycles. The fourth-order valence-corrected chi connectivity index (χ4v) is 2.19. The van der Waals surface area contributed by atoms with Gasteiger partial charge in [0.05, 0.1) is 17.6 Å². The zero-order valence-electron chi connectivity index (χ0n) is 10.1. The summed E-state index contributed by atoms with van der Waals surface area (Å²) in [6.07, 6.45) is -3.09. The summed E-state index contributed by atoms with van der Waals surface area (Å²) in [5.74, 6) is 0.166. The van der Waals surface area contributed by atoms with Gasteiger partial charge in [0.1, 0.15) is 5.82 Å². The number of alkyl halides is 3. The molecule has 19 heavy (non-hydrogen) atoms. The van der Waals surface area contributed by atoms with Crippen LogP contribution in [-0.4, -0.2) is 23.5 Å². The number of pyridine rings is 1. The third-order valence-corrected chi connectivity index (χ3v) is 3.23. The number of halogens is 3. The van der Waals surface area contributed by atoms with Gasteiger partial charge in [-0.2, -0.15) is 17.5 Å². The minimum Gasteiger partial charge on any atom is -0.480 e. The molecule has 0 amide bonds. The predicted molar refractivity (Wildman–Crippen MR) is 66.4 cm³/mol. The van der Waals surface area contributed by atoms with Crippen molar-refractivity contribution in [1.29, 1.82) is 0 Å². The maximum absolute atomic E-state index is 12.9. The van der Waals surface area contributed by atoms with Gasteiger partial charge in [0.15, 0.2) is 0 Å². The SMILES string of the molecule is CNc1ncc(-c2cc(OC)ns2)cc1C(F)(F)F. The molecule has 2 aromatic rings. The molecule has 4 nitrogen and oxygen atoms in total. The zero-order chi connectivity index (χ0) is 14.0. The van der Waals surface area contributed by atoms with E-state index in [4.69, 9.17) is 4.74 Å². The van der Waals surface area contributed by atoms with Crippen molar-refractivity contribution >= 4 is 17.4 Å². The van der Waals surface area contributed by atoms with Gasteiger partial charge in [-0.1, -0.05) is 0 Å². The van der Waals surface area contributed by atoms with E-state index >= 15 is 0 Å². The van der Waals surface area contributed by atoms with Crippen LogP contribution in [0.25, 0.3) is 10.4 Å². The Kier molecular flexibility index (Phi) is 3.61. The molecule has 1 N–H and O–H groups in total. The predicted octanol–water partition coefficient (Wildman–Crippen LogP) is 3.27. The van der Waals surface area contributed by atoms with Gasteiger partial charge in [-0.25, -0.2) is 4.98 Å². The highest BCUT2D eigenvalue weighted by Crippen LogP contribution is 2.37. The van der Waals surface area contributed by atoms with E-state index in [0.717, 1.165) is 17.6 Å². The number of nitrogens with one attached hydrogen (secondary N) is 1. The molecule has 8 heteroatoms. The fraction of sp³-hybridized carbons (Fsp3) is 0.273. The lowest BCUT2D eigenvalue weighted by atomic mass is 10.1. The molecule has 0 fully saturated rings. The number of hydrogen-bond donors (Lipinski definition) is 1. The number of methoxy groups -OCH3 is 1. The third kappa shape index (κ3) is 2.78. The molecule has 0 aliphatic rings. The smallest absolute Gasteiger partial charge is 0.419 e. The Labute approximate surface area is 111 Å². The van der Waals surface area contributed by atoms with Crippen LogP contribution in [0.15, 0.2) is 18.3 Å². The summed E-state index contributed by atoms with van der Waals surface area (Å²) in [5, 5.41) is 2.43. The number of ether oxygens (including phenoxy) is 1. The highest BCUT2D eigenvalue weighted by Gasteiger charge is 2.34. The first-order valence-corrected chi connectivity index (χ1v) is 5.99. The molecule has 0 aromatic carbocycles. The second-order valence-electron chi connectivity index (χ2n) is 3.60. The summed E-state index contributed by atoms with van der Waals surface area (Å²) in [5.41, 5.74) is -0.452. The van der Waals surface area contributed by atoms with E-state index in [2.05, 4.69) is 14.7 Å². The van der Waals surface area contributed by atoms with Crippen molar-refractivity contribution in [3.8, 4) is 16.3 Å². The van der Waals surface area contributed by atoms with Crippen LogP contribution in [0.5, 0.6) is 5.88 Å². The lowest BCUT2D eigenvalue weighted by molar-refractivity contribution is -0.137. The normalized spacial score (nSPS) is 11.4. The van der Waals surface area contributed by atoms with Crippen LogP contribution in [0.4, 0.5) is 19.0 Å². The molecule has 0 unspecified atom stereocenters. The van der Waals surface area contributed by atoms with E-state index in [9.17, 15) is 13.2 Å². The minimum absolute atomic E-state index is 0.201. The summed E-state index contributed by atoms with van der Waals surface area (Å²) in [4.78, 5) is 4.35. The van der Waals surface area contributed by atoms with Crippen molar-refractivity contribution in [3.63, 3.8) is 0 Å². The van der Waals surface area contributed by atoms with Crippen LogP contribution in [-0.2, 0) is 6.18 Å². The van der Waals surface area contributed by atoms with E-state index in [-0.39, 0.29) is 5.82 Å². The van der Waals surface area contributed by atoms with Crippen LogP contribution in [0, 0.1) is 0 Å². The first-order chi connectivity index (χ1) is 8.95. The van der Waals surface area contributed by atoms with Gasteiger partial charge in [-0.3, -0.25) is 0 Å². The van der Waals surface area contributed by atoms with Crippen molar-refractivity contribution in [2.45, 2.75) is 6.18 Å². The van der Waals surface area contributed by atoms with Gasteiger partial charge in [0.25, 0.3) is 0 Å². The number of rotatable bonds is 3.